The SMILES string of the molecule is [Cl][Ti+]([Cl])[Cl].c1ccc(-c2cc[c-](-c3ccccc3)p2)cc1. The van der Waals surface area contributed by atoms with Crippen molar-refractivity contribution in [3.8, 4) is 21.7 Å². The van der Waals surface area contributed by atoms with Gasteiger partial charge in [-0.2, -0.15) is 8.19 Å². The minimum absolute atomic E-state index is 1.30. The van der Waals surface area contributed by atoms with Gasteiger partial charge in [-0.1, -0.05) is 64.7 Å². The van der Waals surface area contributed by atoms with Gasteiger partial charge in [0.1, 0.15) is 0 Å². The van der Waals surface area contributed by atoms with Gasteiger partial charge in [-0.25, -0.2) is 0 Å². The molecule has 0 aliphatic rings. The summed E-state index contributed by atoms with van der Waals surface area (Å²) in [5.41, 5.74) is 2.63. The molecule has 1 aromatic heterocycles. The van der Waals surface area contributed by atoms with E-state index in [1.54, 1.807) is 0 Å². The maximum atomic E-state index is 4.97. The van der Waals surface area contributed by atoms with Gasteiger partial charge in [-0.05, 0) is 0 Å². The Morgan fingerprint density at radius 1 is 0.762 bits per heavy atom. The molecule has 3 rings (SSSR count). The van der Waals surface area contributed by atoms with Crippen molar-refractivity contribution in [3.05, 3.63) is 72.8 Å². The van der Waals surface area contributed by atoms with Crippen LogP contribution in [0.4, 0.5) is 0 Å². The first-order chi connectivity index (χ1) is 10.2. The van der Waals surface area contributed by atoms with Gasteiger partial charge < -0.3 is 0 Å². The van der Waals surface area contributed by atoms with Crippen LogP contribution in [0.1, 0.15) is 0 Å². The molecule has 1 heterocycles. The van der Waals surface area contributed by atoms with Crippen molar-refractivity contribution >= 4 is 36.1 Å². The van der Waals surface area contributed by atoms with Gasteiger partial charge in [0.2, 0.25) is 0 Å². The summed E-state index contributed by atoms with van der Waals surface area (Å²) < 4.78 is 0. The Kier molecular flexibility index (Phi) is 7.40. The largest absolute Gasteiger partial charge is 0.152 e. The van der Waals surface area contributed by atoms with E-state index in [1.165, 1.54) is 29.9 Å². The zero-order chi connectivity index (χ0) is 15.1. The predicted molar refractivity (Wildman–Crippen MR) is 93.0 cm³/mol. The molecule has 0 saturated carbocycles. The van der Waals surface area contributed by atoms with Gasteiger partial charge in [-0.15, -0.1) is 29.8 Å². The van der Waals surface area contributed by atoms with Gasteiger partial charge in [0.15, 0.2) is 0 Å². The van der Waals surface area contributed by atoms with Crippen molar-refractivity contribution in [2.45, 2.75) is 0 Å². The van der Waals surface area contributed by atoms with Crippen LogP contribution in [0.5, 0.6) is 0 Å². The first-order valence-electron chi connectivity index (χ1n) is 6.25. The van der Waals surface area contributed by atoms with Gasteiger partial charge in [0.05, 0.1) is 0 Å². The van der Waals surface area contributed by atoms with Crippen LogP contribution in [-0.4, -0.2) is 0 Å². The van der Waals surface area contributed by atoms with Crippen molar-refractivity contribution in [2.24, 2.45) is 0 Å². The molecule has 2 aromatic carbocycles. The van der Waals surface area contributed by atoms with E-state index in [0.717, 1.165) is 0 Å². The van der Waals surface area contributed by atoms with Crippen LogP contribution in [0.25, 0.3) is 21.7 Å². The molecule has 0 aliphatic carbocycles. The first kappa shape index (κ1) is 17.2. The summed E-state index contributed by atoms with van der Waals surface area (Å²) >= 11 is -1.92. The summed E-state index contributed by atoms with van der Waals surface area (Å²) in [4.78, 5) is 0. The van der Waals surface area contributed by atoms with Crippen LogP contribution in [0.2, 0.25) is 0 Å². The molecule has 0 atom stereocenters. The number of benzene rings is 2. The summed E-state index contributed by atoms with van der Waals surface area (Å²) in [5.74, 6) is 0. The van der Waals surface area contributed by atoms with Crippen LogP contribution >= 0.6 is 36.1 Å². The molecule has 3 aromatic rings. The molecule has 21 heavy (non-hydrogen) atoms. The second-order valence-electron chi connectivity index (χ2n) is 4.16. The summed E-state index contributed by atoms with van der Waals surface area (Å²) in [5, 5.41) is 2.76. The number of hydrogen-bond donors (Lipinski definition) is 0. The Hall–Kier alpha value is -0.196. The quantitative estimate of drug-likeness (QED) is 0.317. The molecule has 0 saturated heterocycles. The fourth-order valence-corrected chi connectivity index (χ4v) is 3.02. The third kappa shape index (κ3) is 5.83. The van der Waals surface area contributed by atoms with Gasteiger partial charge in [0, 0.05) is 0 Å². The first-order valence-corrected chi connectivity index (χ1v) is 13.6. The van der Waals surface area contributed by atoms with Gasteiger partial charge >= 0.3 is 42.6 Å². The average Bonchev–Trinajstić information content (AvgIpc) is 2.98. The molecule has 106 valence electrons. The summed E-state index contributed by atoms with van der Waals surface area (Å²) in [6.45, 7) is 0. The van der Waals surface area contributed by atoms with Crippen LogP contribution < -0.4 is 0 Å². The second kappa shape index (κ2) is 9.06. The normalized spacial score (nSPS) is 10.0. The molecule has 0 N–H and O–H groups in total. The van der Waals surface area contributed by atoms with Crippen LogP contribution in [0.3, 0.4) is 0 Å². The molecular weight excluding hydrogens is 377 g/mol. The molecule has 0 nitrogen and oxygen atoms in total. The summed E-state index contributed by atoms with van der Waals surface area (Å²) in [6.07, 6.45) is 0. The molecule has 0 unspecified atom stereocenters. The fourth-order valence-electron chi connectivity index (χ4n) is 1.90. The average molecular weight is 389 g/mol. The maximum absolute atomic E-state index is 4.97. The maximum Gasteiger partial charge on any atom is -0.0541 e. The standard InChI is InChI=1S/C16H12P.3ClH.Ti/c1-3-7-13(8-4-1)15-11-12-16(17-15)14-9-5-2-6-10-14;;;;/h1-12H;3*1H;/q-1;;;;+4/p-3. The predicted octanol–water partition coefficient (Wildman–Crippen LogP) is 7.39. The van der Waals surface area contributed by atoms with E-state index in [4.69, 9.17) is 27.9 Å². The zero-order valence-electron chi connectivity index (χ0n) is 11.0. The third-order valence-electron chi connectivity index (χ3n) is 2.78. The van der Waals surface area contributed by atoms with Crippen molar-refractivity contribution in [1.82, 2.24) is 0 Å². The van der Waals surface area contributed by atoms with E-state index >= 15 is 0 Å². The van der Waals surface area contributed by atoms with Gasteiger partial charge in [0.25, 0.3) is 0 Å². The van der Waals surface area contributed by atoms with Crippen molar-refractivity contribution in [1.29, 1.82) is 0 Å². The van der Waals surface area contributed by atoms with E-state index in [9.17, 15) is 0 Å². The monoisotopic (exact) mass is 388 g/mol. The van der Waals surface area contributed by atoms with E-state index in [2.05, 4.69) is 72.8 Å². The Balaban J connectivity index is 0.000000361. The molecule has 0 aliphatic heterocycles. The summed E-state index contributed by atoms with van der Waals surface area (Å²) in [7, 11) is 16.2. The van der Waals surface area contributed by atoms with Gasteiger partial charge in [-0.3, -0.25) is 0 Å². The smallest absolute Gasteiger partial charge is 0.0541 e. The molecule has 0 fully saturated rings. The van der Waals surface area contributed by atoms with E-state index < -0.39 is 14.7 Å². The fraction of sp³-hybridized carbons (Fsp3) is 0. The third-order valence-corrected chi connectivity index (χ3v) is 4.08. The molecule has 0 amide bonds. The van der Waals surface area contributed by atoms with Crippen molar-refractivity contribution in [2.75, 3.05) is 0 Å². The number of rotatable bonds is 2. The molecule has 0 radical (unpaired) electrons. The van der Waals surface area contributed by atoms with E-state index in [0.29, 0.717) is 0 Å². The number of halogens is 3. The molecular formula is C16H12Cl3PTi. The number of hydrogen-bond acceptors (Lipinski definition) is 0. The van der Waals surface area contributed by atoms with Crippen LogP contribution in [0, 0.1) is 0 Å². The van der Waals surface area contributed by atoms with Crippen molar-refractivity contribution < 1.29 is 14.7 Å². The molecule has 0 bridgehead atoms. The van der Waals surface area contributed by atoms with Crippen LogP contribution in [0.15, 0.2) is 72.8 Å². The minimum Gasteiger partial charge on any atom is -0.152 e. The molecule has 0 spiro atoms. The molecule has 5 heteroatoms. The Labute approximate surface area is 144 Å². The Morgan fingerprint density at radius 2 is 1.29 bits per heavy atom. The zero-order valence-corrected chi connectivity index (χ0v) is 15.7. The minimum atomic E-state index is -1.92. The Bertz CT molecular complexity index is 597. The topological polar surface area (TPSA) is 0 Å². The van der Waals surface area contributed by atoms with Crippen molar-refractivity contribution in [3.63, 3.8) is 0 Å². The van der Waals surface area contributed by atoms with Crippen LogP contribution in [-0.2, 0) is 14.7 Å². The van der Waals surface area contributed by atoms with E-state index in [-0.39, 0.29) is 0 Å². The second-order valence-corrected chi connectivity index (χ2v) is 13.1. The Morgan fingerprint density at radius 3 is 1.86 bits per heavy atom. The summed E-state index contributed by atoms with van der Waals surface area (Å²) in [6, 6.07) is 25.6. The van der Waals surface area contributed by atoms with E-state index in [1.807, 2.05) is 0 Å².